The molecule has 0 radical (unpaired) electrons. The Labute approximate surface area is 107 Å². The van der Waals surface area contributed by atoms with Gasteiger partial charge in [-0.1, -0.05) is 12.8 Å². The van der Waals surface area contributed by atoms with E-state index in [0.717, 1.165) is 32.2 Å². The number of urea groups is 1. The first kappa shape index (κ1) is 14.8. The molecule has 0 aromatic heterocycles. The number of aliphatic carboxylic acids is 1. The topological polar surface area (TPSA) is 78.9 Å². The van der Waals surface area contributed by atoms with Gasteiger partial charge in [-0.15, -0.1) is 0 Å². The first-order valence-corrected chi connectivity index (χ1v) is 6.36. The molecule has 2 atom stereocenters. The fourth-order valence-corrected chi connectivity index (χ4v) is 2.13. The molecule has 0 aromatic rings. The summed E-state index contributed by atoms with van der Waals surface area (Å²) in [5.74, 6) is -1.07. The monoisotopic (exact) mass is 258 g/mol. The van der Waals surface area contributed by atoms with Crippen molar-refractivity contribution in [2.75, 3.05) is 20.2 Å². The molecular formula is C12H22N2O4. The van der Waals surface area contributed by atoms with E-state index in [1.165, 1.54) is 7.11 Å². The van der Waals surface area contributed by atoms with Crippen LogP contribution in [0.25, 0.3) is 0 Å². The number of hydrogen-bond acceptors (Lipinski definition) is 3. The molecule has 0 spiro atoms. The SMILES string of the molecule is COC(CNC(=O)N1CCCCCC1C)C(=O)O. The van der Waals surface area contributed by atoms with Crippen LogP contribution in [0.15, 0.2) is 0 Å². The number of nitrogens with zero attached hydrogens (tertiary/aromatic N) is 1. The van der Waals surface area contributed by atoms with Crippen LogP contribution in [0.4, 0.5) is 4.79 Å². The van der Waals surface area contributed by atoms with Crippen molar-refractivity contribution in [3.63, 3.8) is 0 Å². The average molecular weight is 258 g/mol. The molecule has 104 valence electrons. The van der Waals surface area contributed by atoms with E-state index in [1.54, 1.807) is 4.90 Å². The highest BCUT2D eigenvalue weighted by molar-refractivity contribution is 5.77. The minimum atomic E-state index is -1.07. The zero-order valence-electron chi connectivity index (χ0n) is 11.0. The summed E-state index contributed by atoms with van der Waals surface area (Å²) in [4.78, 5) is 24.5. The predicted molar refractivity (Wildman–Crippen MR) is 66.5 cm³/mol. The Kier molecular flexibility index (Phi) is 5.91. The number of ether oxygens (including phenoxy) is 1. The van der Waals surface area contributed by atoms with Crippen molar-refractivity contribution in [3.05, 3.63) is 0 Å². The smallest absolute Gasteiger partial charge is 0.334 e. The molecule has 0 saturated carbocycles. The van der Waals surface area contributed by atoms with Crippen molar-refractivity contribution in [3.8, 4) is 0 Å². The van der Waals surface area contributed by atoms with Crippen LogP contribution in [-0.2, 0) is 9.53 Å². The van der Waals surface area contributed by atoms with Crippen LogP contribution in [0, 0.1) is 0 Å². The number of rotatable bonds is 4. The van der Waals surface area contributed by atoms with Gasteiger partial charge in [-0.05, 0) is 19.8 Å². The maximum absolute atomic E-state index is 12.0. The quantitative estimate of drug-likeness (QED) is 0.790. The average Bonchev–Trinajstić information content (AvgIpc) is 2.54. The molecule has 2 unspecified atom stereocenters. The standard InChI is InChI=1S/C12H22N2O4/c1-9-6-4-3-5-7-14(9)12(17)13-8-10(18-2)11(15)16/h9-10H,3-8H2,1-2H3,(H,13,17)(H,15,16). The second-order valence-corrected chi connectivity index (χ2v) is 4.64. The largest absolute Gasteiger partial charge is 0.479 e. The third-order valence-corrected chi connectivity index (χ3v) is 3.31. The molecule has 1 rings (SSSR count). The second kappa shape index (κ2) is 7.20. The molecule has 2 N–H and O–H groups in total. The lowest BCUT2D eigenvalue weighted by atomic mass is 10.1. The Morgan fingerprint density at radius 1 is 1.44 bits per heavy atom. The summed E-state index contributed by atoms with van der Waals surface area (Å²) in [7, 11) is 1.32. The van der Waals surface area contributed by atoms with Crippen molar-refractivity contribution in [1.29, 1.82) is 0 Å². The van der Waals surface area contributed by atoms with E-state index < -0.39 is 12.1 Å². The van der Waals surface area contributed by atoms with Crippen LogP contribution in [0.5, 0.6) is 0 Å². The molecule has 0 aromatic carbocycles. The fraction of sp³-hybridized carbons (Fsp3) is 0.833. The molecule has 1 aliphatic rings. The summed E-state index contributed by atoms with van der Waals surface area (Å²) < 4.78 is 4.77. The third kappa shape index (κ3) is 4.18. The summed E-state index contributed by atoms with van der Waals surface area (Å²) in [5, 5.41) is 11.4. The van der Waals surface area contributed by atoms with Crippen molar-refractivity contribution < 1.29 is 19.4 Å². The van der Waals surface area contributed by atoms with E-state index >= 15 is 0 Å². The minimum absolute atomic E-state index is 0.00606. The van der Waals surface area contributed by atoms with Gasteiger partial charge in [0.15, 0.2) is 6.10 Å². The molecule has 0 bridgehead atoms. The van der Waals surface area contributed by atoms with E-state index in [9.17, 15) is 9.59 Å². The van der Waals surface area contributed by atoms with E-state index in [-0.39, 0.29) is 18.6 Å². The number of likely N-dealkylation sites (tertiary alicyclic amines) is 1. The van der Waals surface area contributed by atoms with Gasteiger partial charge in [0, 0.05) is 19.7 Å². The van der Waals surface area contributed by atoms with Gasteiger partial charge < -0.3 is 20.1 Å². The Hall–Kier alpha value is -1.30. The highest BCUT2D eigenvalue weighted by Crippen LogP contribution is 2.16. The molecule has 18 heavy (non-hydrogen) atoms. The molecule has 1 saturated heterocycles. The van der Waals surface area contributed by atoms with Gasteiger partial charge in [0.1, 0.15) is 0 Å². The van der Waals surface area contributed by atoms with Crippen molar-refractivity contribution in [2.24, 2.45) is 0 Å². The first-order valence-electron chi connectivity index (χ1n) is 6.36. The Morgan fingerprint density at radius 2 is 2.17 bits per heavy atom. The number of amides is 2. The van der Waals surface area contributed by atoms with Gasteiger partial charge in [0.05, 0.1) is 6.54 Å². The van der Waals surface area contributed by atoms with Crippen LogP contribution in [0.1, 0.15) is 32.6 Å². The molecular weight excluding hydrogens is 236 g/mol. The van der Waals surface area contributed by atoms with Gasteiger partial charge in [0.2, 0.25) is 0 Å². The lowest BCUT2D eigenvalue weighted by molar-refractivity contribution is -0.148. The summed E-state index contributed by atoms with van der Waals surface area (Å²) in [6.07, 6.45) is 3.30. The van der Waals surface area contributed by atoms with Crippen LogP contribution in [0.2, 0.25) is 0 Å². The van der Waals surface area contributed by atoms with E-state index in [4.69, 9.17) is 9.84 Å². The predicted octanol–water partition coefficient (Wildman–Crippen LogP) is 1.06. The number of methoxy groups -OCH3 is 1. The van der Waals surface area contributed by atoms with Gasteiger partial charge >= 0.3 is 12.0 Å². The van der Waals surface area contributed by atoms with Gasteiger partial charge in [-0.2, -0.15) is 0 Å². The van der Waals surface area contributed by atoms with Crippen LogP contribution < -0.4 is 5.32 Å². The number of nitrogens with one attached hydrogen (secondary N) is 1. The molecule has 1 heterocycles. The lowest BCUT2D eigenvalue weighted by Gasteiger charge is -2.27. The number of carbonyl (C=O) groups is 2. The lowest BCUT2D eigenvalue weighted by Crippen LogP contribution is -2.48. The molecule has 0 aliphatic carbocycles. The number of carbonyl (C=O) groups excluding carboxylic acids is 1. The van der Waals surface area contributed by atoms with Crippen molar-refractivity contribution in [2.45, 2.75) is 44.8 Å². The zero-order valence-corrected chi connectivity index (χ0v) is 11.0. The molecule has 1 fully saturated rings. The van der Waals surface area contributed by atoms with E-state index in [0.29, 0.717) is 0 Å². The zero-order chi connectivity index (χ0) is 13.5. The first-order chi connectivity index (χ1) is 8.56. The molecule has 1 aliphatic heterocycles. The van der Waals surface area contributed by atoms with Gasteiger partial charge in [-0.3, -0.25) is 0 Å². The number of carboxylic acid groups (broad SMARTS) is 1. The highest BCUT2D eigenvalue weighted by atomic mass is 16.5. The maximum atomic E-state index is 12.0. The van der Waals surface area contributed by atoms with Crippen LogP contribution in [-0.4, -0.2) is 54.4 Å². The molecule has 2 amide bonds. The molecule has 6 heteroatoms. The summed E-state index contributed by atoms with van der Waals surface area (Å²) in [6.45, 7) is 2.75. The summed E-state index contributed by atoms with van der Waals surface area (Å²) in [6, 6.07) is 0.00558. The van der Waals surface area contributed by atoms with Crippen molar-refractivity contribution in [1.82, 2.24) is 10.2 Å². The van der Waals surface area contributed by atoms with E-state index in [2.05, 4.69) is 5.32 Å². The Balaban J connectivity index is 2.45. The van der Waals surface area contributed by atoms with Crippen LogP contribution >= 0.6 is 0 Å². The summed E-state index contributed by atoms with van der Waals surface area (Å²) in [5.41, 5.74) is 0. The fourth-order valence-electron chi connectivity index (χ4n) is 2.13. The summed E-state index contributed by atoms with van der Waals surface area (Å²) >= 11 is 0. The highest BCUT2D eigenvalue weighted by Gasteiger charge is 2.23. The third-order valence-electron chi connectivity index (χ3n) is 3.31. The minimum Gasteiger partial charge on any atom is -0.479 e. The number of carboxylic acids is 1. The number of hydrogen-bond donors (Lipinski definition) is 2. The van der Waals surface area contributed by atoms with Crippen molar-refractivity contribution >= 4 is 12.0 Å². The Morgan fingerprint density at radius 3 is 2.78 bits per heavy atom. The molecule has 6 nitrogen and oxygen atoms in total. The Bertz CT molecular complexity index is 296. The maximum Gasteiger partial charge on any atom is 0.334 e. The van der Waals surface area contributed by atoms with E-state index in [1.807, 2.05) is 6.92 Å². The van der Waals surface area contributed by atoms with Crippen LogP contribution in [0.3, 0.4) is 0 Å². The van der Waals surface area contributed by atoms with Gasteiger partial charge in [0.25, 0.3) is 0 Å². The second-order valence-electron chi connectivity index (χ2n) is 4.64. The normalized spacial score (nSPS) is 22.1. The van der Waals surface area contributed by atoms with Gasteiger partial charge in [-0.25, -0.2) is 9.59 Å².